The molecule has 2 aromatic carbocycles. The predicted molar refractivity (Wildman–Crippen MR) is 122 cm³/mol. The second-order valence-corrected chi connectivity index (χ2v) is 9.78. The monoisotopic (exact) mass is 470 g/mol. The number of benzene rings is 2. The molecule has 0 amide bonds. The van der Waals surface area contributed by atoms with Crippen molar-refractivity contribution in [1.29, 1.82) is 0 Å². The number of nitrogens with one attached hydrogen (secondary N) is 1. The molecule has 1 aliphatic rings. The van der Waals surface area contributed by atoms with Crippen LogP contribution in [0, 0.1) is 0 Å². The van der Waals surface area contributed by atoms with Gasteiger partial charge in [0.15, 0.2) is 0 Å². The van der Waals surface area contributed by atoms with Gasteiger partial charge in [-0.05, 0) is 60.4 Å². The Kier molecular flexibility index (Phi) is 6.55. The summed E-state index contributed by atoms with van der Waals surface area (Å²) in [7, 11) is -2.44. The highest BCUT2D eigenvalue weighted by molar-refractivity contribution is 7.89. The molecule has 8 nitrogen and oxygen atoms in total. The second kappa shape index (κ2) is 9.38. The number of hydrogen-bond donors (Lipinski definition) is 2. The zero-order chi connectivity index (χ0) is 23.5. The van der Waals surface area contributed by atoms with E-state index in [-0.39, 0.29) is 17.7 Å². The third-order valence-corrected chi connectivity index (χ3v) is 7.55. The van der Waals surface area contributed by atoms with Gasteiger partial charge in [-0.15, -0.1) is 0 Å². The minimum Gasteiger partial charge on any atom is -0.497 e. The SMILES string of the molecule is COc1ccc(-c2ccc(S(=O)(=O)NC3(C(=O)O)CCN(Cc4ccco4)CC3)cc2)cc1. The molecule has 1 aliphatic heterocycles. The maximum atomic E-state index is 13.1. The first-order valence-electron chi connectivity index (χ1n) is 10.6. The van der Waals surface area contributed by atoms with Crippen molar-refractivity contribution < 1.29 is 27.5 Å². The van der Waals surface area contributed by atoms with Crippen LogP contribution >= 0.6 is 0 Å². The summed E-state index contributed by atoms with van der Waals surface area (Å²) >= 11 is 0. The maximum Gasteiger partial charge on any atom is 0.324 e. The molecular formula is C24H26N2O6S. The standard InChI is InChI=1S/C24H26N2O6S/c1-31-20-8-4-18(5-9-20)19-6-10-22(11-7-19)33(29,30)25-24(23(27)28)12-14-26(15-13-24)17-21-3-2-16-32-21/h2-11,16,25H,12-15,17H2,1H3,(H,27,28). The Morgan fingerprint density at radius 1 is 1.06 bits per heavy atom. The highest BCUT2D eigenvalue weighted by atomic mass is 32.2. The molecule has 0 aliphatic carbocycles. The number of carboxylic acid groups (broad SMARTS) is 1. The molecule has 0 radical (unpaired) electrons. The fraction of sp³-hybridized carbons (Fsp3) is 0.292. The Hall–Kier alpha value is -3.14. The highest BCUT2D eigenvalue weighted by Crippen LogP contribution is 2.28. The van der Waals surface area contributed by atoms with Crippen molar-refractivity contribution >= 4 is 16.0 Å². The molecule has 4 rings (SSSR count). The Bertz CT molecular complexity index is 1180. The number of furan rings is 1. The zero-order valence-electron chi connectivity index (χ0n) is 18.2. The second-order valence-electron chi connectivity index (χ2n) is 8.10. The molecule has 1 fully saturated rings. The van der Waals surface area contributed by atoms with Gasteiger partial charge in [-0.2, -0.15) is 4.72 Å². The van der Waals surface area contributed by atoms with Gasteiger partial charge in [0.2, 0.25) is 10.0 Å². The van der Waals surface area contributed by atoms with E-state index in [2.05, 4.69) is 9.62 Å². The van der Waals surface area contributed by atoms with Crippen molar-refractivity contribution in [2.75, 3.05) is 20.2 Å². The average Bonchev–Trinajstić information content (AvgIpc) is 3.33. The van der Waals surface area contributed by atoms with E-state index < -0.39 is 21.5 Å². The van der Waals surface area contributed by atoms with Crippen LogP contribution in [0.15, 0.2) is 76.2 Å². The minimum atomic E-state index is -4.03. The summed E-state index contributed by atoms with van der Waals surface area (Å²) in [5, 5.41) is 9.90. The van der Waals surface area contributed by atoms with Gasteiger partial charge in [-0.3, -0.25) is 9.69 Å². The predicted octanol–water partition coefficient (Wildman–Crippen LogP) is 3.35. The highest BCUT2D eigenvalue weighted by Gasteiger charge is 2.45. The molecule has 0 bridgehead atoms. The van der Waals surface area contributed by atoms with E-state index >= 15 is 0 Å². The van der Waals surface area contributed by atoms with Gasteiger partial charge in [0.1, 0.15) is 17.0 Å². The van der Waals surface area contributed by atoms with Gasteiger partial charge >= 0.3 is 5.97 Å². The van der Waals surface area contributed by atoms with E-state index in [9.17, 15) is 18.3 Å². The molecule has 2 N–H and O–H groups in total. The number of aliphatic carboxylic acids is 1. The number of likely N-dealkylation sites (tertiary alicyclic amines) is 1. The largest absolute Gasteiger partial charge is 0.497 e. The van der Waals surface area contributed by atoms with Crippen LogP contribution in [0.1, 0.15) is 18.6 Å². The number of rotatable bonds is 8. The van der Waals surface area contributed by atoms with Gasteiger partial charge < -0.3 is 14.3 Å². The third-order valence-electron chi connectivity index (χ3n) is 6.00. The molecule has 0 saturated carbocycles. The fourth-order valence-electron chi connectivity index (χ4n) is 4.00. The molecule has 3 aromatic rings. The van der Waals surface area contributed by atoms with Gasteiger partial charge in [0.25, 0.3) is 0 Å². The number of sulfonamides is 1. The molecule has 9 heteroatoms. The lowest BCUT2D eigenvalue weighted by Crippen LogP contribution is -2.59. The number of ether oxygens (including phenoxy) is 1. The summed E-state index contributed by atoms with van der Waals surface area (Å²) in [6, 6.07) is 17.5. The summed E-state index contributed by atoms with van der Waals surface area (Å²) in [6.07, 6.45) is 1.91. The first-order chi connectivity index (χ1) is 15.8. The normalized spacial score (nSPS) is 16.4. The first kappa shape index (κ1) is 23.0. The summed E-state index contributed by atoms with van der Waals surface area (Å²) in [4.78, 5) is 14.2. The number of carboxylic acids is 1. The van der Waals surface area contributed by atoms with E-state index in [0.29, 0.717) is 19.6 Å². The Morgan fingerprint density at radius 3 is 2.18 bits per heavy atom. The molecule has 174 valence electrons. The number of nitrogens with zero attached hydrogens (tertiary/aromatic N) is 1. The zero-order valence-corrected chi connectivity index (χ0v) is 19.0. The van der Waals surface area contributed by atoms with Gasteiger partial charge in [-0.1, -0.05) is 24.3 Å². The van der Waals surface area contributed by atoms with Gasteiger partial charge in [0.05, 0.1) is 24.8 Å². The van der Waals surface area contributed by atoms with Crippen LogP contribution in [0.3, 0.4) is 0 Å². The van der Waals surface area contributed by atoms with E-state index in [4.69, 9.17) is 9.15 Å². The number of piperidine rings is 1. The van der Waals surface area contributed by atoms with Crippen LogP contribution < -0.4 is 9.46 Å². The van der Waals surface area contributed by atoms with Crippen LogP contribution in [0.4, 0.5) is 0 Å². The number of hydrogen-bond acceptors (Lipinski definition) is 6. The van der Waals surface area contributed by atoms with Crippen molar-refractivity contribution in [3.8, 4) is 16.9 Å². The van der Waals surface area contributed by atoms with Crippen LogP contribution in [-0.4, -0.2) is 50.1 Å². The van der Waals surface area contributed by atoms with Gasteiger partial charge in [-0.25, -0.2) is 8.42 Å². The van der Waals surface area contributed by atoms with E-state index in [0.717, 1.165) is 22.6 Å². The summed E-state index contributed by atoms with van der Waals surface area (Å²) in [5.41, 5.74) is 0.210. The minimum absolute atomic E-state index is 0.0263. The summed E-state index contributed by atoms with van der Waals surface area (Å²) in [5.74, 6) is 0.352. The van der Waals surface area contributed by atoms with E-state index in [1.165, 1.54) is 12.1 Å². The smallest absolute Gasteiger partial charge is 0.324 e. The van der Waals surface area contributed by atoms with Crippen LogP contribution in [0.5, 0.6) is 5.75 Å². The molecule has 0 unspecified atom stereocenters. The van der Waals surface area contributed by atoms with Crippen molar-refractivity contribution in [3.05, 3.63) is 72.7 Å². The lowest BCUT2D eigenvalue weighted by atomic mass is 9.89. The van der Waals surface area contributed by atoms with Crippen molar-refractivity contribution in [2.45, 2.75) is 29.8 Å². The van der Waals surface area contributed by atoms with E-state index in [1.807, 2.05) is 30.3 Å². The molecule has 1 aromatic heterocycles. The molecule has 1 saturated heterocycles. The van der Waals surface area contributed by atoms with E-state index in [1.54, 1.807) is 31.6 Å². The van der Waals surface area contributed by atoms with Crippen LogP contribution in [-0.2, 0) is 21.4 Å². The lowest BCUT2D eigenvalue weighted by molar-refractivity contribution is -0.146. The van der Waals surface area contributed by atoms with Crippen molar-refractivity contribution in [3.63, 3.8) is 0 Å². The molecule has 2 heterocycles. The average molecular weight is 471 g/mol. The molecule has 33 heavy (non-hydrogen) atoms. The Morgan fingerprint density at radius 2 is 1.67 bits per heavy atom. The number of methoxy groups -OCH3 is 1. The molecular weight excluding hydrogens is 444 g/mol. The summed E-state index contributed by atoms with van der Waals surface area (Å²) < 4.78 is 39.1. The summed E-state index contributed by atoms with van der Waals surface area (Å²) in [6.45, 7) is 1.43. The molecule has 0 spiro atoms. The Balaban J connectivity index is 1.47. The van der Waals surface area contributed by atoms with Crippen LogP contribution in [0.2, 0.25) is 0 Å². The molecule has 0 atom stereocenters. The third kappa shape index (κ3) is 5.11. The van der Waals surface area contributed by atoms with Crippen molar-refractivity contribution in [2.24, 2.45) is 0 Å². The lowest BCUT2D eigenvalue weighted by Gasteiger charge is -2.38. The first-order valence-corrected chi connectivity index (χ1v) is 12.1. The van der Waals surface area contributed by atoms with Gasteiger partial charge in [0, 0.05) is 13.1 Å². The van der Waals surface area contributed by atoms with Crippen molar-refractivity contribution in [1.82, 2.24) is 9.62 Å². The number of carbonyl (C=O) groups is 1. The topological polar surface area (TPSA) is 109 Å². The Labute approximate surface area is 192 Å². The quantitative estimate of drug-likeness (QED) is 0.520. The fourth-order valence-corrected chi connectivity index (χ4v) is 5.42. The van der Waals surface area contributed by atoms with Crippen LogP contribution in [0.25, 0.3) is 11.1 Å². The maximum absolute atomic E-state index is 13.1.